The van der Waals surface area contributed by atoms with Gasteiger partial charge in [-0.1, -0.05) is 18.2 Å². The van der Waals surface area contributed by atoms with Crippen LogP contribution in [0.15, 0.2) is 48.5 Å². The minimum Gasteiger partial charge on any atom is -0.497 e. The standard InChI is InChI=1S/C22H27N3O6/c1-30-20-6-2-4-17(12-20)13-22(27)24-10-8-23(9-11-24)15-19(26)16-31-21-7-3-5-18(14-21)25(28)29/h2-7,12,14,19,26H,8-11,13,15-16H2,1H3. The number of aliphatic hydroxyl groups is 1. The Labute approximate surface area is 180 Å². The maximum Gasteiger partial charge on any atom is 0.273 e. The fraction of sp³-hybridized carbons (Fsp3) is 0.409. The molecule has 0 bridgehead atoms. The van der Waals surface area contributed by atoms with Crippen molar-refractivity contribution in [2.45, 2.75) is 12.5 Å². The van der Waals surface area contributed by atoms with Crippen LogP contribution < -0.4 is 9.47 Å². The van der Waals surface area contributed by atoms with E-state index in [2.05, 4.69) is 4.90 Å². The van der Waals surface area contributed by atoms with Gasteiger partial charge in [0.15, 0.2) is 0 Å². The first-order chi connectivity index (χ1) is 14.9. The average molecular weight is 429 g/mol. The minimum absolute atomic E-state index is 0.0378. The Kier molecular flexibility index (Phi) is 7.80. The van der Waals surface area contributed by atoms with Gasteiger partial charge >= 0.3 is 0 Å². The molecule has 9 nitrogen and oxygen atoms in total. The lowest BCUT2D eigenvalue weighted by atomic mass is 10.1. The number of non-ortho nitro benzene ring substituents is 1. The van der Waals surface area contributed by atoms with Crippen LogP contribution in [0.2, 0.25) is 0 Å². The van der Waals surface area contributed by atoms with Crippen molar-refractivity contribution < 1.29 is 24.3 Å². The number of nitrogens with zero attached hydrogens (tertiary/aromatic N) is 3. The fourth-order valence-electron chi connectivity index (χ4n) is 3.48. The van der Waals surface area contributed by atoms with E-state index >= 15 is 0 Å². The van der Waals surface area contributed by atoms with Gasteiger partial charge in [-0.3, -0.25) is 19.8 Å². The SMILES string of the molecule is COc1cccc(CC(=O)N2CCN(CC(O)COc3cccc([N+](=O)[O-])c3)CC2)c1. The molecule has 0 aliphatic carbocycles. The summed E-state index contributed by atoms with van der Waals surface area (Å²) in [5.74, 6) is 1.15. The molecule has 1 heterocycles. The summed E-state index contributed by atoms with van der Waals surface area (Å²) in [6.07, 6.45) is -0.407. The molecule has 1 atom stereocenters. The normalized spacial score (nSPS) is 15.4. The summed E-state index contributed by atoms with van der Waals surface area (Å²) in [5, 5.41) is 21.1. The number of β-amino-alcohol motifs (C(OH)–C–C–N with tert-alkyl or cyclic N) is 1. The zero-order valence-electron chi connectivity index (χ0n) is 17.5. The van der Waals surface area contributed by atoms with Crippen LogP contribution in [-0.4, -0.2) is 78.3 Å². The number of carbonyl (C=O) groups is 1. The van der Waals surface area contributed by atoms with Gasteiger partial charge in [-0.25, -0.2) is 0 Å². The van der Waals surface area contributed by atoms with E-state index < -0.39 is 11.0 Å². The van der Waals surface area contributed by atoms with Crippen molar-refractivity contribution in [1.29, 1.82) is 0 Å². The third-order valence-corrected chi connectivity index (χ3v) is 5.15. The van der Waals surface area contributed by atoms with Gasteiger partial charge in [0.25, 0.3) is 5.69 Å². The average Bonchev–Trinajstić information content (AvgIpc) is 2.78. The van der Waals surface area contributed by atoms with E-state index in [9.17, 15) is 20.0 Å². The molecule has 31 heavy (non-hydrogen) atoms. The smallest absolute Gasteiger partial charge is 0.273 e. The Bertz CT molecular complexity index is 898. The molecule has 1 aliphatic rings. The highest BCUT2D eigenvalue weighted by Gasteiger charge is 2.23. The molecule has 1 fully saturated rings. The summed E-state index contributed by atoms with van der Waals surface area (Å²) < 4.78 is 10.7. The van der Waals surface area contributed by atoms with Crippen molar-refractivity contribution in [2.24, 2.45) is 0 Å². The number of hydrogen-bond acceptors (Lipinski definition) is 7. The maximum atomic E-state index is 12.6. The lowest BCUT2D eigenvalue weighted by molar-refractivity contribution is -0.384. The number of ether oxygens (including phenoxy) is 2. The summed E-state index contributed by atoms with van der Waals surface area (Å²) >= 11 is 0. The highest BCUT2D eigenvalue weighted by Crippen LogP contribution is 2.19. The molecule has 0 radical (unpaired) electrons. The van der Waals surface area contributed by atoms with Crippen LogP contribution in [0, 0.1) is 10.1 Å². The molecule has 1 N–H and O–H groups in total. The largest absolute Gasteiger partial charge is 0.497 e. The predicted octanol–water partition coefficient (Wildman–Crippen LogP) is 1.73. The number of aliphatic hydroxyl groups excluding tert-OH is 1. The molecule has 1 aliphatic heterocycles. The van der Waals surface area contributed by atoms with E-state index in [0.29, 0.717) is 44.9 Å². The second kappa shape index (κ2) is 10.7. The van der Waals surface area contributed by atoms with Gasteiger partial charge in [0.2, 0.25) is 5.91 Å². The first kappa shape index (κ1) is 22.5. The summed E-state index contributed by atoms with van der Waals surface area (Å²) in [6, 6.07) is 13.4. The van der Waals surface area contributed by atoms with Gasteiger partial charge < -0.3 is 19.5 Å². The lowest BCUT2D eigenvalue weighted by Gasteiger charge is -2.35. The molecule has 1 unspecified atom stereocenters. The number of nitro benzene ring substituents is 1. The van der Waals surface area contributed by atoms with Crippen LogP contribution in [0.3, 0.4) is 0 Å². The third-order valence-electron chi connectivity index (χ3n) is 5.15. The number of benzene rings is 2. The Morgan fingerprint density at radius 2 is 1.84 bits per heavy atom. The van der Waals surface area contributed by atoms with E-state index in [1.807, 2.05) is 29.2 Å². The third kappa shape index (κ3) is 6.66. The number of nitro groups is 1. The maximum absolute atomic E-state index is 12.6. The van der Waals surface area contributed by atoms with Crippen molar-refractivity contribution in [3.8, 4) is 11.5 Å². The summed E-state index contributed by atoms with van der Waals surface area (Å²) in [7, 11) is 1.60. The summed E-state index contributed by atoms with van der Waals surface area (Å²) in [6.45, 7) is 2.97. The Morgan fingerprint density at radius 1 is 1.13 bits per heavy atom. The predicted molar refractivity (Wildman–Crippen MR) is 114 cm³/mol. The van der Waals surface area contributed by atoms with E-state index in [1.165, 1.54) is 12.1 Å². The number of rotatable bonds is 9. The van der Waals surface area contributed by atoms with Gasteiger partial charge in [0.1, 0.15) is 24.2 Å². The second-order valence-electron chi connectivity index (χ2n) is 7.43. The van der Waals surface area contributed by atoms with Gasteiger partial charge in [0, 0.05) is 38.8 Å². The molecule has 0 saturated carbocycles. The molecule has 0 spiro atoms. The van der Waals surface area contributed by atoms with Gasteiger partial charge in [-0.05, 0) is 23.8 Å². The molecular formula is C22H27N3O6. The minimum atomic E-state index is -0.738. The molecule has 1 amide bonds. The van der Waals surface area contributed by atoms with Crippen molar-refractivity contribution in [1.82, 2.24) is 9.80 Å². The van der Waals surface area contributed by atoms with Crippen LogP contribution in [0.4, 0.5) is 5.69 Å². The first-order valence-corrected chi connectivity index (χ1v) is 10.1. The summed E-state index contributed by atoms with van der Waals surface area (Å²) in [5.41, 5.74) is 0.863. The van der Waals surface area contributed by atoms with Gasteiger partial charge in [-0.15, -0.1) is 0 Å². The van der Waals surface area contributed by atoms with Crippen LogP contribution in [-0.2, 0) is 11.2 Å². The van der Waals surface area contributed by atoms with E-state index in [-0.39, 0.29) is 18.2 Å². The van der Waals surface area contributed by atoms with E-state index in [0.717, 1.165) is 11.3 Å². The summed E-state index contributed by atoms with van der Waals surface area (Å²) in [4.78, 5) is 26.8. The van der Waals surface area contributed by atoms with Crippen molar-refractivity contribution in [2.75, 3.05) is 46.4 Å². The van der Waals surface area contributed by atoms with Crippen molar-refractivity contribution in [3.63, 3.8) is 0 Å². The fourth-order valence-corrected chi connectivity index (χ4v) is 3.48. The Hall–Kier alpha value is -3.17. The molecule has 2 aromatic rings. The van der Waals surface area contributed by atoms with Crippen LogP contribution >= 0.6 is 0 Å². The van der Waals surface area contributed by atoms with Crippen LogP contribution in [0.25, 0.3) is 0 Å². The monoisotopic (exact) mass is 429 g/mol. The molecule has 2 aromatic carbocycles. The molecule has 9 heteroatoms. The van der Waals surface area contributed by atoms with Crippen molar-refractivity contribution >= 4 is 11.6 Å². The second-order valence-corrected chi connectivity index (χ2v) is 7.43. The Morgan fingerprint density at radius 3 is 2.55 bits per heavy atom. The van der Waals surface area contributed by atoms with Gasteiger partial charge in [-0.2, -0.15) is 0 Å². The van der Waals surface area contributed by atoms with Crippen LogP contribution in [0.5, 0.6) is 11.5 Å². The molecule has 3 rings (SSSR count). The highest BCUT2D eigenvalue weighted by atomic mass is 16.6. The van der Waals surface area contributed by atoms with E-state index in [1.54, 1.807) is 19.2 Å². The zero-order chi connectivity index (χ0) is 22.2. The number of piperazine rings is 1. The highest BCUT2D eigenvalue weighted by molar-refractivity contribution is 5.79. The van der Waals surface area contributed by atoms with Gasteiger partial charge in [0.05, 0.1) is 24.5 Å². The molecule has 166 valence electrons. The lowest BCUT2D eigenvalue weighted by Crippen LogP contribution is -2.51. The number of methoxy groups -OCH3 is 1. The number of amides is 1. The quantitative estimate of drug-likeness (QED) is 0.478. The topological polar surface area (TPSA) is 105 Å². The zero-order valence-corrected chi connectivity index (χ0v) is 17.5. The molecular weight excluding hydrogens is 402 g/mol. The number of carbonyl (C=O) groups excluding carboxylic acids is 1. The Balaban J connectivity index is 1.40. The van der Waals surface area contributed by atoms with Crippen molar-refractivity contribution in [3.05, 3.63) is 64.2 Å². The molecule has 1 saturated heterocycles. The van der Waals surface area contributed by atoms with Crippen LogP contribution in [0.1, 0.15) is 5.56 Å². The van der Waals surface area contributed by atoms with E-state index in [4.69, 9.17) is 9.47 Å². The first-order valence-electron chi connectivity index (χ1n) is 10.1. The number of hydrogen-bond donors (Lipinski definition) is 1. The molecule has 0 aromatic heterocycles.